The number of hydrogen-bond donors (Lipinski definition) is 0. The number of aliphatic imine (C=N–C) groups is 1. The van der Waals surface area contributed by atoms with Crippen molar-refractivity contribution in [2.45, 2.75) is 64.2 Å². The zero-order valence-corrected chi connectivity index (χ0v) is 22.6. The van der Waals surface area contributed by atoms with Gasteiger partial charge in [0.1, 0.15) is 0 Å². The lowest BCUT2D eigenvalue weighted by Crippen LogP contribution is -2.49. The van der Waals surface area contributed by atoms with Crippen molar-refractivity contribution in [3.63, 3.8) is 0 Å². The van der Waals surface area contributed by atoms with Crippen molar-refractivity contribution in [2.24, 2.45) is 16.3 Å². The fourth-order valence-corrected chi connectivity index (χ4v) is 6.53. The number of halogens is 2. The second kappa shape index (κ2) is 8.98. The number of carbonyl (C=O) groups excluding carboxylic acids is 1. The first kappa shape index (κ1) is 25.7. The SMILES string of the molecule is CC(C)(C)c1ccc(N2C[C@@]3(CCC(F)(F)[C@H](CC4=CC=Nc5ccc(C#N)cc5C4)C3)C3=C([CH]3)C2=O)cc1. The van der Waals surface area contributed by atoms with Crippen molar-refractivity contribution >= 4 is 23.5 Å². The number of fused-ring (bicyclic) bond motifs is 2. The summed E-state index contributed by atoms with van der Waals surface area (Å²) in [5.41, 5.74) is 6.32. The minimum Gasteiger partial charge on any atom is -0.308 e. The Balaban J connectivity index is 1.26. The lowest BCUT2D eigenvalue weighted by molar-refractivity contribution is -0.118. The molecule has 1 radical (unpaired) electrons. The van der Waals surface area contributed by atoms with Crippen LogP contribution < -0.4 is 4.90 Å². The van der Waals surface area contributed by atoms with E-state index in [-0.39, 0.29) is 24.2 Å². The zero-order chi connectivity index (χ0) is 27.6. The predicted octanol–water partition coefficient (Wildman–Crippen LogP) is 7.41. The Hall–Kier alpha value is -3.59. The second-order valence-electron chi connectivity index (χ2n) is 12.5. The average Bonchev–Trinajstić information content (AvgIpc) is 3.73. The summed E-state index contributed by atoms with van der Waals surface area (Å²) >= 11 is 0. The van der Waals surface area contributed by atoms with E-state index < -0.39 is 17.3 Å². The molecule has 1 fully saturated rings. The van der Waals surface area contributed by atoms with Gasteiger partial charge < -0.3 is 4.90 Å². The molecule has 2 atom stereocenters. The molecule has 4 aliphatic rings. The second-order valence-corrected chi connectivity index (χ2v) is 12.5. The third kappa shape index (κ3) is 4.62. The van der Waals surface area contributed by atoms with Gasteiger partial charge in [0, 0.05) is 48.2 Å². The molecule has 2 aliphatic carbocycles. The standard InChI is InChI=1S/C33H32F2N3O/c1-31(2,3)24-5-7-26(8-6-24)38-20-32(28-17-27(28)30(38)39)11-12-33(34,35)25(18-32)16-21-10-13-37-29-9-4-22(19-36)15-23(29)14-21/h4-10,13,15,17,25H,11-12,14,16,18,20H2,1-3H3/t25-,32+/m1/s1. The van der Waals surface area contributed by atoms with Crippen LogP contribution in [-0.2, 0) is 16.6 Å². The van der Waals surface area contributed by atoms with Gasteiger partial charge in [-0.2, -0.15) is 5.26 Å². The van der Waals surface area contributed by atoms with Gasteiger partial charge in [-0.05, 0) is 84.2 Å². The Kier molecular flexibility index (Phi) is 5.91. The smallest absolute Gasteiger partial charge is 0.254 e. The number of amides is 1. The third-order valence-corrected chi connectivity index (χ3v) is 8.88. The zero-order valence-electron chi connectivity index (χ0n) is 22.6. The average molecular weight is 525 g/mol. The normalized spacial score (nSPS) is 25.5. The lowest BCUT2D eigenvalue weighted by atomic mass is 9.64. The van der Waals surface area contributed by atoms with Crippen LogP contribution in [0.2, 0.25) is 0 Å². The van der Waals surface area contributed by atoms with Gasteiger partial charge in [-0.15, -0.1) is 0 Å². The maximum Gasteiger partial charge on any atom is 0.254 e. The quantitative estimate of drug-likeness (QED) is 0.420. The molecule has 6 rings (SSSR count). The first-order valence-corrected chi connectivity index (χ1v) is 13.6. The molecule has 0 N–H and O–H groups in total. The van der Waals surface area contributed by atoms with Crippen molar-refractivity contribution in [3.05, 3.63) is 88.4 Å². The first-order chi connectivity index (χ1) is 18.5. The summed E-state index contributed by atoms with van der Waals surface area (Å²) in [6.07, 6.45) is 6.71. The maximum absolute atomic E-state index is 15.5. The van der Waals surface area contributed by atoms with Gasteiger partial charge >= 0.3 is 0 Å². The van der Waals surface area contributed by atoms with Crippen molar-refractivity contribution in [1.29, 1.82) is 5.26 Å². The van der Waals surface area contributed by atoms with E-state index in [4.69, 9.17) is 0 Å². The monoisotopic (exact) mass is 524 g/mol. The number of nitrogens with zero attached hydrogens (tertiary/aromatic N) is 3. The Morgan fingerprint density at radius 3 is 2.62 bits per heavy atom. The van der Waals surface area contributed by atoms with E-state index in [0.29, 0.717) is 36.9 Å². The van der Waals surface area contributed by atoms with Gasteiger partial charge in [-0.3, -0.25) is 9.79 Å². The van der Waals surface area contributed by atoms with E-state index in [1.165, 1.54) is 5.56 Å². The molecule has 2 aromatic rings. The van der Waals surface area contributed by atoms with Crippen molar-refractivity contribution in [3.8, 4) is 6.07 Å². The van der Waals surface area contributed by atoms with Crippen LogP contribution in [0.5, 0.6) is 0 Å². The number of alkyl halides is 2. The summed E-state index contributed by atoms with van der Waals surface area (Å²) in [6, 6.07) is 15.6. The predicted molar refractivity (Wildman–Crippen MR) is 149 cm³/mol. The molecule has 0 saturated heterocycles. The Morgan fingerprint density at radius 1 is 1.13 bits per heavy atom. The fraction of sp³-hybridized carbons (Fsp3) is 0.394. The molecule has 0 bridgehead atoms. The molecule has 6 heteroatoms. The van der Waals surface area contributed by atoms with Crippen LogP contribution in [0.15, 0.2) is 70.3 Å². The topological polar surface area (TPSA) is 56.5 Å². The molecule has 199 valence electrons. The van der Waals surface area contributed by atoms with Crippen LogP contribution in [0, 0.1) is 29.1 Å². The van der Waals surface area contributed by atoms with Crippen LogP contribution in [0.1, 0.15) is 63.1 Å². The number of hydrogen-bond acceptors (Lipinski definition) is 3. The molecule has 0 unspecified atom stereocenters. The van der Waals surface area contributed by atoms with Gasteiger partial charge in [0.15, 0.2) is 0 Å². The van der Waals surface area contributed by atoms with Crippen molar-refractivity contribution in [1.82, 2.24) is 0 Å². The minimum absolute atomic E-state index is 0.00187. The van der Waals surface area contributed by atoms with Crippen LogP contribution in [0.4, 0.5) is 20.2 Å². The van der Waals surface area contributed by atoms with Crippen LogP contribution in [-0.4, -0.2) is 24.6 Å². The molecule has 1 spiro atoms. The van der Waals surface area contributed by atoms with Gasteiger partial charge in [0.05, 0.1) is 17.3 Å². The Labute approximate surface area is 228 Å². The van der Waals surface area contributed by atoms with E-state index in [2.05, 4.69) is 44.0 Å². The largest absolute Gasteiger partial charge is 0.308 e. The van der Waals surface area contributed by atoms with Gasteiger partial charge in [0.25, 0.3) is 11.8 Å². The highest BCUT2D eigenvalue weighted by atomic mass is 19.3. The third-order valence-electron chi connectivity index (χ3n) is 8.88. The number of rotatable bonds is 3. The molecule has 1 amide bonds. The van der Waals surface area contributed by atoms with E-state index in [1.54, 1.807) is 23.2 Å². The van der Waals surface area contributed by atoms with Gasteiger partial charge in [-0.25, -0.2) is 8.78 Å². The first-order valence-electron chi connectivity index (χ1n) is 13.6. The maximum atomic E-state index is 15.5. The summed E-state index contributed by atoms with van der Waals surface area (Å²) < 4.78 is 30.9. The van der Waals surface area contributed by atoms with E-state index in [1.807, 2.05) is 30.7 Å². The van der Waals surface area contributed by atoms with Crippen molar-refractivity contribution in [2.75, 3.05) is 11.4 Å². The molecule has 2 aliphatic heterocycles. The van der Waals surface area contributed by atoms with Crippen molar-refractivity contribution < 1.29 is 13.6 Å². The number of allylic oxidation sites excluding steroid dienone is 2. The summed E-state index contributed by atoms with van der Waals surface area (Å²) in [5.74, 6) is -3.66. The molecular formula is C33H32F2N3O. The highest BCUT2D eigenvalue weighted by Crippen LogP contribution is 2.60. The van der Waals surface area contributed by atoms with Crippen LogP contribution >= 0.6 is 0 Å². The molecular weight excluding hydrogens is 492 g/mol. The van der Waals surface area contributed by atoms with Gasteiger partial charge in [0.2, 0.25) is 0 Å². The molecule has 2 heterocycles. The summed E-state index contributed by atoms with van der Waals surface area (Å²) in [5, 5.41) is 9.31. The highest BCUT2D eigenvalue weighted by molar-refractivity contribution is 6.14. The summed E-state index contributed by atoms with van der Waals surface area (Å²) in [6.45, 7) is 6.88. The van der Waals surface area contributed by atoms with E-state index in [9.17, 15) is 10.1 Å². The molecule has 2 aromatic carbocycles. The van der Waals surface area contributed by atoms with Gasteiger partial charge in [-0.1, -0.05) is 38.5 Å². The molecule has 4 nitrogen and oxygen atoms in total. The minimum atomic E-state index is -2.79. The Bertz CT molecular complexity index is 1490. The lowest BCUT2D eigenvalue weighted by Gasteiger charge is -2.47. The number of carbonyl (C=O) groups is 1. The highest BCUT2D eigenvalue weighted by Gasteiger charge is 2.58. The van der Waals surface area contributed by atoms with Crippen LogP contribution in [0.3, 0.4) is 0 Å². The van der Waals surface area contributed by atoms with Crippen LogP contribution in [0.25, 0.3) is 0 Å². The number of nitriles is 1. The number of benzene rings is 2. The molecule has 39 heavy (non-hydrogen) atoms. The molecule has 0 aromatic heterocycles. The van der Waals surface area contributed by atoms with E-state index >= 15 is 8.78 Å². The fourth-order valence-electron chi connectivity index (χ4n) is 6.53. The summed E-state index contributed by atoms with van der Waals surface area (Å²) in [7, 11) is 0. The molecule has 1 saturated carbocycles. The van der Waals surface area contributed by atoms with E-state index in [0.717, 1.165) is 28.1 Å². The number of anilines is 1. The Morgan fingerprint density at radius 2 is 1.90 bits per heavy atom. The summed E-state index contributed by atoms with van der Waals surface area (Å²) in [4.78, 5) is 19.5.